The second-order valence-electron chi connectivity index (χ2n) is 4.24. The van der Waals surface area contributed by atoms with Gasteiger partial charge in [0.25, 0.3) is 0 Å². The van der Waals surface area contributed by atoms with Crippen molar-refractivity contribution in [3.63, 3.8) is 0 Å². The van der Waals surface area contributed by atoms with E-state index in [9.17, 15) is 5.11 Å². The highest BCUT2D eigenvalue weighted by atomic mass is 32.1. The summed E-state index contributed by atoms with van der Waals surface area (Å²) in [6, 6.07) is 0. The predicted molar refractivity (Wildman–Crippen MR) is 71.6 cm³/mol. The minimum Gasteiger partial charge on any atom is -0.393 e. The summed E-state index contributed by atoms with van der Waals surface area (Å²) < 4.78 is 1.11. The van der Waals surface area contributed by atoms with Gasteiger partial charge in [0, 0.05) is 6.54 Å². The van der Waals surface area contributed by atoms with Crippen LogP contribution in [-0.2, 0) is 0 Å². The number of aryl methyl sites for hydroxylation is 1. The standard InChI is InChI=1S/C12H17N3OS/c1-8-6-17-11-10(8)14-7-15-12(11)13-5-3-4-9(2)16/h6-7,9,16H,3-5H2,1-2H3,(H,13,14,15). The molecule has 1 unspecified atom stereocenters. The van der Waals surface area contributed by atoms with Gasteiger partial charge in [0.05, 0.1) is 16.3 Å². The molecule has 17 heavy (non-hydrogen) atoms. The predicted octanol–water partition coefficient (Wildman–Crippen LogP) is 2.57. The number of hydrogen-bond acceptors (Lipinski definition) is 5. The first-order chi connectivity index (χ1) is 8.18. The van der Waals surface area contributed by atoms with Gasteiger partial charge >= 0.3 is 0 Å². The number of hydrogen-bond donors (Lipinski definition) is 2. The molecule has 0 bridgehead atoms. The van der Waals surface area contributed by atoms with Crippen LogP contribution in [0, 0.1) is 6.92 Å². The van der Waals surface area contributed by atoms with Gasteiger partial charge in [0.1, 0.15) is 12.1 Å². The van der Waals surface area contributed by atoms with E-state index in [1.807, 2.05) is 6.92 Å². The van der Waals surface area contributed by atoms with E-state index in [1.54, 1.807) is 17.7 Å². The van der Waals surface area contributed by atoms with Crippen molar-refractivity contribution in [2.45, 2.75) is 32.8 Å². The maximum atomic E-state index is 9.17. The lowest BCUT2D eigenvalue weighted by molar-refractivity contribution is 0.183. The van der Waals surface area contributed by atoms with Crippen molar-refractivity contribution in [2.75, 3.05) is 11.9 Å². The van der Waals surface area contributed by atoms with Gasteiger partial charge in [-0.05, 0) is 37.6 Å². The highest BCUT2D eigenvalue weighted by Gasteiger charge is 2.07. The molecule has 0 radical (unpaired) electrons. The number of nitrogens with zero attached hydrogens (tertiary/aromatic N) is 2. The molecular formula is C12H17N3OS. The fourth-order valence-corrected chi connectivity index (χ4v) is 2.67. The highest BCUT2D eigenvalue weighted by Crippen LogP contribution is 2.28. The third-order valence-corrected chi connectivity index (χ3v) is 3.72. The normalized spacial score (nSPS) is 12.9. The molecule has 0 saturated heterocycles. The van der Waals surface area contributed by atoms with Gasteiger partial charge in [0.2, 0.25) is 0 Å². The van der Waals surface area contributed by atoms with Crippen LogP contribution >= 0.6 is 11.3 Å². The molecular weight excluding hydrogens is 234 g/mol. The van der Waals surface area contributed by atoms with Crippen LogP contribution < -0.4 is 5.32 Å². The van der Waals surface area contributed by atoms with Crippen molar-refractivity contribution >= 4 is 27.4 Å². The van der Waals surface area contributed by atoms with E-state index < -0.39 is 0 Å². The molecule has 4 nitrogen and oxygen atoms in total. The van der Waals surface area contributed by atoms with Crippen molar-refractivity contribution in [1.29, 1.82) is 0 Å². The van der Waals surface area contributed by atoms with Gasteiger partial charge in [-0.15, -0.1) is 11.3 Å². The fraction of sp³-hybridized carbons (Fsp3) is 0.500. The lowest BCUT2D eigenvalue weighted by Crippen LogP contribution is -2.07. The number of aliphatic hydroxyl groups excluding tert-OH is 1. The number of rotatable bonds is 5. The van der Waals surface area contributed by atoms with Crippen LogP contribution in [0.15, 0.2) is 11.7 Å². The van der Waals surface area contributed by atoms with Gasteiger partial charge < -0.3 is 10.4 Å². The molecule has 0 aliphatic rings. The first-order valence-electron chi connectivity index (χ1n) is 5.79. The molecule has 0 aliphatic heterocycles. The van der Waals surface area contributed by atoms with Gasteiger partial charge in [-0.25, -0.2) is 9.97 Å². The molecule has 5 heteroatoms. The third-order valence-electron chi connectivity index (χ3n) is 2.62. The summed E-state index contributed by atoms with van der Waals surface area (Å²) in [6.07, 6.45) is 3.11. The number of thiophene rings is 1. The number of fused-ring (bicyclic) bond motifs is 1. The van der Waals surface area contributed by atoms with Crippen LogP contribution in [0.3, 0.4) is 0 Å². The summed E-state index contributed by atoms with van der Waals surface area (Å²) in [6.45, 7) is 4.70. The average molecular weight is 251 g/mol. The van der Waals surface area contributed by atoms with E-state index in [1.165, 1.54) is 5.56 Å². The largest absolute Gasteiger partial charge is 0.393 e. The Morgan fingerprint density at radius 2 is 2.29 bits per heavy atom. The maximum absolute atomic E-state index is 9.17. The molecule has 2 heterocycles. The molecule has 2 aromatic heterocycles. The summed E-state index contributed by atoms with van der Waals surface area (Å²) in [5, 5.41) is 14.6. The Hall–Kier alpha value is -1.20. The van der Waals surface area contributed by atoms with Crippen molar-refractivity contribution in [3.05, 3.63) is 17.3 Å². The molecule has 2 N–H and O–H groups in total. The molecule has 0 amide bonds. The molecule has 2 rings (SSSR count). The molecule has 1 atom stereocenters. The molecule has 0 aromatic carbocycles. The summed E-state index contributed by atoms with van der Waals surface area (Å²) in [4.78, 5) is 8.54. The van der Waals surface area contributed by atoms with Gasteiger partial charge in [-0.3, -0.25) is 0 Å². The summed E-state index contributed by atoms with van der Waals surface area (Å²) >= 11 is 1.67. The van der Waals surface area contributed by atoms with Crippen molar-refractivity contribution in [2.24, 2.45) is 0 Å². The molecule has 2 aromatic rings. The number of nitrogens with one attached hydrogen (secondary N) is 1. The van der Waals surface area contributed by atoms with Crippen molar-refractivity contribution in [3.8, 4) is 0 Å². The highest BCUT2D eigenvalue weighted by molar-refractivity contribution is 7.18. The lowest BCUT2D eigenvalue weighted by Gasteiger charge is -2.07. The average Bonchev–Trinajstić information content (AvgIpc) is 2.67. The Labute approximate surface area is 105 Å². The Balaban J connectivity index is 2.03. The van der Waals surface area contributed by atoms with Crippen LogP contribution in [0.5, 0.6) is 0 Å². The third kappa shape index (κ3) is 2.92. The molecule has 92 valence electrons. The Morgan fingerprint density at radius 3 is 3.06 bits per heavy atom. The van der Waals surface area contributed by atoms with E-state index in [2.05, 4.69) is 27.6 Å². The molecule has 0 spiro atoms. The van der Waals surface area contributed by atoms with Crippen LogP contribution in [0.25, 0.3) is 10.2 Å². The zero-order valence-electron chi connectivity index (χ0n) is 10.1. The van der Waals surface area contributed by atoms with Crippen molar-refractivity contribution in [1.82, 2.24) is 9.97 Å². The lowest BCUT2D eigenvalue weighted by atomic mass is 10.2. The van der Waals surface area contributed by atoms with Crippen molar-refractivity contribution < 1.29 is 5.11 Å². The minimum atomic E-state index is -0.230. The topological polar surface area (TPSA) is 58.0 Å². The Bertz CT molecular complexity index is 495. The van der Waals surface area contributed by atoms with Crippen LogP contribution in [0.2, 0.25) is 0 Å². The fourth-order valence-electron chi connectivity index (χ4n) is 1.70. The van der Waals surface area contributed by atoms with Gasteiger partial charge in [-0.2, -0.15) is 0 Å². The number of aromatic nitrogens is 2. The van der Waals surface area contributed by atoms with E-state index in [0.717, 1.165) is 35.4 Å². The first-order valence-corrected chi connectivity index (χ1v) is 6.67. The van der Waals surface area contributed by atoms with Gasteiger partial charge in [0.15, 0.2) is 0 Å². The molecule has 0 aliphatic carbocycles. The summed E-state index contributed by atoms with van der Waals surface area (Å²) in [5.41, 5.74) is 2.22. The van der Waals surface area contributed by atoms with Gasteiger partial charge in [-0.1, -0.05) is 0 Å². The first kappa shape index (κ1) is 12.3. The molecule has 0 fully saturated rings. The van der Waals surface area contributed by atoms with E-state index >= 15 is 0 Å². The van der Waals surface area contributed by atoms with E-state index in [4.69, 9.17) is 0 Å². The minimum absolute atomic E-state index is 0.230. The maximum Gasteiger partial charge on any atom is 0.147 e. The van der Waals surface area contributed by atoms with Crippen LogP contribution in [-0.4, -0.2) is 27.7 Å². The molecule has 0 saturated carbocycles. The quantitative estimate of drug-likeness (QED) is 0.802. The van der Waals surface area contributed by atoms with Crippen LogP contribution in [0.1, 0.15) is 25.3 Å². The monoisotopic (exact) mass is 251 g/mol. The van der Waals surface area contributed by atoms with E-state index in [0.29, 0.717) is 0 Å². The second kappa shape index (κ2) is 5.42. The number of aliphatic hydroxyl groups is 1. The van der Waals surface area contributed by atoms with E-state index in [-0.39, 0.29) is 6.10 Å². The SMILES string of the molecule is Cc1csc2c(NCCCC(C)O)ncnc12. The second-order valence-corrected chi connectivity index (χ2v) is 5.12. The Kier molecular flexibility index (Phi) is 3.91. The summed E-state index contributed by atoms with van der Waals surface area (Å²) in [5.74, 6) is 0.902. The summed E-state index contributed by atoms with van der Waals surface area (Å²) in [7, 11) is 0. The van der Waals surface area contributed by atoms with Crippen LogP contribution in [0.4, 0.5) is 5.82 Å². The smallest absolute Gasteiger partial charge is 0.147 e. The zero-order valence-corrected chi connectivity index (χ0v) is 10.9. The Morgan fingerprint density at radius 1 is 1.47 bits per heavy atom. The number of anilines is 1. The zero-order chi connectivity index (χ0) is 12.3.